The molecule has 0 fully saturated rings. The Labute approximate surface area is 145 Å². The maximum atomic E-state index is 12.9. The van der Waals surface area contributed by atoms with Crippen molar-refractivity contribution in [3.8, 4) is 0 Å². The van der Waals surface area contributed by atoms with Crippen molar-refractivity contribution >= 4 is 22.7 Å². The molecule has 0 bridgehead atoms. The van der Waals surface area contributed by atoms with Gasteiger partial charge in [0.05, 0.1) is 22.3 Å². The summed E-state index contributed by atoms with van der Waals surface area (Å²) in [5.41, 5.74) is 1.62. The number of nitrogens with zero attached hydrogens (tertiary/aromatic N) is 3. The highest BCUT2D eigenvalue weighted by molar-refractivity contribution is 7.98. The maximum Gasteiger partial charge on any atom is 0.262 e. The Kier molecular flexibility index (Phi) is 5.04. The Bertz CT molecular complexity index is 899. The van der Waals surface area contributed by atoms with E-state index in [2.05, 4.69) is 19.0 Å². The molecule has 0 N–H and O–H groups in total. The molecule has 0 saturated heterocycles. The standard InChI is InChI=1S/C18H21N3O2S/c1-12(2)8-9-21-17(22)15-6-4-5-7-16(15)19-18(21)24-11-14-10-13(3)20-23-14/h4-7,10,12H,8-9,11H2,1-3H3. The summed E-state index contributed by atoms with van der Waals surface area (Å²) in [5, 5.41) is 5.30. The number of rotatable bonds is 6. The minimum atomic E-state index is 0.0255. The van der Waals surface area contributed by atoms with Gasteiger partial charge in [-0.2, -0.15) is 0 Å². The van der Waals surface area contributed by atoms with Gasteiger partial charge in [0.1, 0.15) is 5.76 Å². The van der Waals surface area contributed by atoms with E-state index in [1.807, 2.05) is 37.3 Å². The van der Waals surface area contributed by atoms with Crippen molar-refractivity contribution in [3.05, 3.63) is 52.1 Å². The van der Waals surface area contributed by atoms with Gasteiger partial charge in [-0.05, 0) is 31.4 Å². The lowest BCUT2D eigenvalue weighted by Gasteiger charge is -2.13. The molecule has 0 amide bonds. The molecule has 2 aromatic heterocycles. The molecular weight excluding hydrogens is 322 g/mol. The molecule has 5 nitrogen and oxygen atoms in total. The van der Waals surface area contributed by atoms with Crippen molar-refractivity contribution in [2.45, 2.75) is 44.6 Å². The fraction of sp³-hybridized carbons (Fsp3) is 0.389. The van der Waals surface area contributed by atoms with E-state index in [-0.39, 0.29) is 5.56 Å². The summed E-state index contributed by atoms with van der Waals surface area (Å²) < 4.78 is 7.04. The van der Waals surface area contributed by atoms with Crippen LogP contribution in [0.15, 0.2) is 44.8 Å². The molecular formula is C18H21N3O2S. The monoisotopic (exact) mass is 343 g/mol. The fourth-order valence-electron chi connectivity index (χ4n) is 2.46. The molecule has 0 radical (unpaired) electrons. The molecule has 0 unspecified atom stereocenters. The summed E-state index contributed by atoms with van der Waals surface area (Å²) in [6, 6.07) is 9.41. The maximum absolute atomic E-state index is 12.9. The smallest absolute Gasteiger partial charge is 0.262 e. The van der Waals surface area contributed by atoms with Crippen LogP contribution in [0.1, 0.15) is 31.7 Å². The zero-order valence-electron chi connectivity index (χ0n) is 14.2. The highest BCUT2D eigenvalue weighted by Gasteiger charge is 2.13. The second-order valence-electron chi connectivity index (χ2n) is 6.27. The molecule has 3 aromatic rings. The van der Waals surface area contributed by atoms with Gasteiger partial charge in [0.2, 0.25) is 0 Å². The van der Waals surface area contributed by atoms with E-state index in [1.54, 1.807) is 4.57 Å². The minimum absolute atomic E-state index is 0.0255. The number of hydrogen-bond donors (Lipinski definition) is 0. The molecule has 0 saturated carbocycles. The minimum Gasteiger partial charge on any atom is -0.360 e. The highest BCUT2D eigenvalue weighted by atomic mass is 32.2. The molecule has 0 spiro atoms. The summed E-state index contributed by atoms with van der Waals surface area (Å²) >= 11 is 1.51. The van der Waals surface area contributed by atoms with E-state index in [0.717, 1.165) is 28.5 Å². The van der Waals surface area contributed by atoms with Gasteiger partial charge in [0.25, 0.3) is 5.56 Å². The second kappa shape index (κ2) is 7.21. The number of fused-ring (bicyclic) bond motifs is 1. The third-order valence-corrected chi connectivity index (χ3v) is 4.78. The van der Waals surface area contributed by atoms with Gasteiger partial charge >= 0.3 is 0 Å². The zero-order chi connectivity index (χ0) is 17.1. The van der Waals surface area contributed by atoms with Crippen LogP contribution in [-0.2, 0) is 12.3 Å². The van der Waals surface area contributed by atoms with Crippen LogP contribution >= 0.6 is 11.8 Å². The van der Waals surface area contributed by atoms with Crippen molar-refractivity contribution in [2.75, 3.05) is 0 Å². The van der Waals surface area contributed by atoms with Crippen molar-refractivity contribution < 1.29 is 4.52 Å². The molecule has 0 aliphatic rings. The Hall–Kier alpha value is -2.08. The molecule has 2 heterocycles. The largest absolute Gasteiger partial charge is 0.360 e. The highest BCUT2D eigenvalue weighted by Crippen LogP contribution is 2.23. The summed E-state index contributed by atoms with van der Waals surface area (Å²) in [5.74, 6) is 1.92. The van der Waals surface area contributed by atoms with Crippen LogP contribution < -0.4 is 5.56 Å². The van der Waals surface area contributed by atoms with Crippen molar-refractivity contribution in [3.63, 3.8) is 0 Å². The first-order valence-corrected chi connectivity index (χ1v) is 9.07. The van der Waals surface area contributed by atoms with E-state index in [4.69, 9.17) is 9.51 Å². The van der Waals surface area contributed by atoms with Gasteiger partial charge in [-0.15, -0.1) is 0 Å². The third-order valence-electron chi connectivity index (χ3n) is 3.78. The number of aromatic nitrogens is 3. The number of aryl methyl sites for hydroxylation is 1. The number of thioether (sulfide) groups is 1. The van der Waals surface area contributed by atoms with Crippen LogP contribution in [-0.4, -0.2) is 14.7 Å². The zero-order valence-corrected chi connectivity index (χ0v) is 15.0. The lowest BCUT2D eigenvalue weighted by molar-refractivity contribution is 0.390. The van der Waals surface area contributed by atoms with E-state index >= 15 is 0 Å². The average molecular weight is 343 g/mol. The molecule has 126 valence electrons. The predicted octanol–water partition coefficient (Wildman–Crippen LogP) is 4.03. The van der Waals surface area contributed by atoms with Crippen molar-refractivity contribution in [1.82, 2.24) is 14.7 Å². The summed E-state index contributed by atoms with van der Waals surface area (Å²) in [4.78, 5) is 17.6. The van der Waals surface area contributed by atoms with Crippen LogP contribution in [0, 0.1) is 12.8 Å². The Balaban J connectivity index is 1.96. The Morgan fingerprint density at radius 1 is 1.29 bits per heavy atom. The topological polar surface area (TPSA) is 60.9 Å². The molecule has 0 atom stereocenters. The first-order valence-electron chi connectivity index (χ1n) is 8.09. The number of para-hydroxylation sites is 1. The van der Waals surface area contributed by atoms with Gasteiger partial charge in [0, 0.05) is 12.6 Å². The lowest BCUT2D eigenvalue weighted by Crippen LogP contribution is -2.24. The van der Waals surface area contributed by atoms with Gasteiger partial charge < -0.3 is 4.52 Å². The Morgan fingerprint density at radius 3 is 2.79 bits per heavy atom. The molecule has 24 heavy (non-hydrogen) atoms. The van der Waals surface area contributed by atoms with Gasteiger partial charge in [-0.3, -0.25) is 9.36 Å². The van der Waals surface area contributed by atoms with Gasteiger partial charge in [-0.25, -0.2) is 4.98 Å². The lowest BCUT2D eigenvalue weighted by atomic mass is 10.1. The quantitative estimate of drug-likeness (QED) is 0.499. The summed E-state index contributed by atoms with van der Waals surface area (Å²) in [7, 11) is 0. The molecule has 0 aliphatic carbocycles. The van der Waals surface area contributed by atoms with Gasteiger partial charge in [0.15, 0.2) is 5.16 Å². The van der Waals surface area contributed by atoms with Crippen LogP contribution in [0.3, 0.4) is 0 Å². The second-order valence-corrected chi connectivity index (χ2v) is 7.22. The predicted molar refractivity (Wildman–Crippen MR) is 96.3 cm³/mol. The normalized spacial score (nSPS) is 11.5. The van der Waals surface area contributed by atoms with Crippen LogP contribution in [0.25, 0.3) is 10.9 Å². The van der Waals surface area contributed by atoms with Crippen LogP contribution in [0.5, 0.6) is 0 Å². The molecule has 0 aliphatic heterocycles. The average Bonchev–Trinajstić information content (AvgIpc) is 2.97. The SMILES string of the molecule is Cc1cc(CSc2nc3ccccc3c(=O)n2CCC(C)C)on1. The molecule has 3 rings (SSSR count). The van der Waals surface area contributed by atoms with Crippen molar-refractivity contribution in [2.24, 2.45) is 5.92 Å². The van der Waals surface area contributed by atoms with Crippen LogP contribution in [0.2, 0.25) is 0 Å². The van der Waals surface area contributed by atoms with Gasteiger partial charge in [-0.1, -0.05) is 42.9 Å². The van der Waals surface area contributed by atoms with E-state index < -0.39 is 0 Å². The van der Waals surface area contributed by atoms with Crippen molar-refractivity contribution in [1.29, 1.82) is 0 Å². The Morgan fingerprint density at radius 2 is 2.08 bits per heavy atom. The van der Waals surface area contributed by atoms with E-state index in [9.17, 15) is 4.79 Å². The molecule has 6 heteroatoms. The molecule has 1 aromatic carbocycles. The summed E-state index contributed by atoms with van der Waals surface area (Å²) in [6.07, 6.45) is 0.939. The van der Waals surface area contributed by atoms with E-state index in [1.165, 1.54) is 11.8 Å². The number of hydrogen-bond acceptors (Lipinski definition) is 5. The number of benzene rings is 1. The van der Waals surface area contributed by atoms with E-state index in [0.29, 0.717) is 23.6 Å². The fourth-order valence-corrected chi connectivity index (χ4v) is 3.36. The van der Waals surface area contributed by atoms with Crippen LogP contribution in [0.4, 0.5) is 0 Å². The first kappa shape index (κ1) is 16.8. The first-order chi connectivity index (χ1) is 11.5. The summed E-state index contributed by atoms with van der Waals surface area (Å²) in [6.45, 7) is 6.88. The third kappa shape index (κ3) is 3.70.